The van der Waals surface area contributed by atoms with E-state index in [1.165, 1.54) is 32.1 Å². The molecule has 5 heteroatoms. The van der Waals surface area contributed by atoms with Crippen molar-refractivity contribution in [2.45, 2.75) is 38.6 Å². The van der Waals surface area contributed by atoms with Crippen molar-refractivity contribution in [1.29, 1.82) is 0 Å². The van der Waals surface area contributed by atoms with E-state index < -0.39 is 0 Å². The molecule has 1 aliphatic heterocycles. The van der Waals surface area contributed by atoms with Crippen molar-refractivity contribution in [2.24, 2.45) is 5.92 Å². The fraction of sp³-hybridized carbons (Fsp3) is 0.529. The lowest BCUT2D eigenvalue weighted by atomic mass is 9.89. The van der Waals surface area contributed by atoms with Crippen LogP contribution in [0.1, 0.15) is 32.1 Å². The van der Waals surface area contributed by atoms with Crippen LogP contribution in [0.15, 0.2) is 23.0 Å². The molecule has 0 amide bonds. The average molecular weight is 318 g/mol. The molecule has 0 atom stereocenters. The lowest BCUT2D eigenvalue weighted by Gasteiger charge is -2.27. The summed E-state index contributed by atoms with van der Waals surface area (Å²) >= 11 is 6.01. The normalized spacial score (nSPS) is 18.9. The van der Waals surface area contributed by atoms with E-state index in [1.807, 2.05) is 10.6 Å². The number of hydrogen-bond acceptors (Lipinski definition) is 3. The van der Waals surface area contributed by atoms with Gasteiger partial charge in [0.15, 0.2) is 0 Å². The molecule has 1 saturated carbocycles. The quantitative estimate of drug-likeness (QED) is 0.851. The molecule has 0 saturated heterocycles. The average Bonchev–Trinajstić information content (AvgIpc) is 2.93. The van der Waals surface area contributed by atoms with Gasteiger partial charge in [-0.2, -0.15) is 0 Å². The highest BCUT2D eigenvalue weighted by Crippen LogP contribution is 2.28. The van der Waals surface area contributed by atoms with Crippen molar-refractivity contribution in [3.8, 4) is 0 Å². The fourth-order valence-corrected chi connectivity index (χ4v) is 3.97. The molecule has 0 spiro atoms. The fourth-order valence-electron chi connectivity index (χ4n) is 3.80. The van der Waals surface area contributed by atoms with Crippen LogP contribution in [0.5, 0.6) is 0 Å². The molecule has 4 rings (SSSR count). The van der Waals surface area contributed by atoms with E-state index in [1.54, 1.807) is 12.1 Å². The van der Waals surface area contributed by atoms with Crippen LogP contribution in [0.4, 0.5) is 5.95 Å². The van der Waals surface area contributed by atoms with E-state index in [0.717, 1.165) is 37.0 Å². The van der Waals surface area contributed by atoms with Crippen LogP contribution < -0.4 is 10.5 Å². The highest BCUT2D eigenvalue weighted by Gasteiger charge is 2.26. The molecule has 1 aromatic carbocycles. The minimum atomic E-state index is 0.0358. The number of aromatic nitrogens is 2. The minimum Gasteiger partial charge on any atom is -0.340 e. The monoisotopic (exact) mass is 317 g/mol. The molecule has 1 aromatic heterocycles. The van der Waals surface area contributed by atoms with Gasteiger partial charge in [0.05, 0.1) is 10.9 Å². The topological polar surface area (TPSA) is 38.1 Å². The molecule has 2 heterocycles. The molecule has 1 fully saturated rings. The van der Waals surface area contributed by atoms with Crippen LogP contribution in [0.3, 0.4) is 0 Å². The third-order valence-corrected chi connectivity index (χ3v) is 5.21. The SMILES string of the molecule is O=c1c2cc(Cl)ccc2nc2n1CCN2CC1CCCCC1. The zero-order valence-corrected chi connectivity index (χ0v) is 13.4. The Morgan fingerprint density at radius 3 is 2.82 bits per heavy atom. The number of nitrogens with zero attached hydrogens (tertiary/aromatic N) is 3. The predicted molar refractivity (Wildman–Crippen MR) is 89.8 cm³/mol. The second kappa shape index (κ2) is 5.58. The van der Waals surface area contributed by atoms with Gasteiger partial charge in [0.25, 0.3) is 5.56 Å². The minimum absolute atomic E-state index is 0.0358. The van der Waals surface area contributed by atoms with Gasteiger partial charge in [-0.1, -0.05) is 30.9 Å². The Bertz CT molecular complexity index is 764. The van der Waals surface area contributed by atoms with Gasteiger partial charge in [0.2, 0.25) is 5.95 Å². The summed E-state index contributed by atoms with van der Waals surface area (Å²) in [6.45, 7) is 2.66. The molecule has 1 aliphatic carbocycles. The maximum atomic E-state index is 12.6. The molecular weight excluding hydrogens is 298 g/mol. The van der Waals surface area contributed by atoms with E-state index in [9.17, 15) is 4.79 Å². The van der Waals surface area contributed by atoms with Crippen LogP contribution in [0, 0.1) is 5.92 Å². The van der Waals surface area contributed by atoms with Crippen molar-refractivity contribution in [1.82, 2.24) is 9.55 Å². The molecule has 0 bridgehead atoms. The number of fused-ring (bicyclic) bond motifs is 2. The Balaban J connectivity index is 1.70. The number of halogens is 1. The van der Waals surface area contributed by atoms with Gasteiger partial charge in [-0.15, -0.1) is 0 Å². The third-order valence-electron chi connectivity index (χ3n) is 4.98. The van der Waals surface area contributed by atoms with Gasteiger partial charge in [-0.25, -0.2) is 4.98 Å². The maximum absolute atomic E-state index is 12.6. The van der Waals surface area contributed by atoms with Crippen molar-refractivity contribution in [2.75, 3.05) is 18.0 Å². The van der Waals surface area contributed by atoms with Crippen molar-refractivity contribution >= 4 is 28.5 Å². The summed E-state index contributed by atoms with van der Waals surface area (Å²) < 4.78 is 1.81. The molecule has 0 radical (unpaired) electrons. The van der Waals surface area contributed by atoms with Crippen LogP contribution in [0.2, 0.25) is 5.02 Å². The summed E-state index contributed by atoms with van der Waals surface area (Å²) in [5.74, 6) is 1.59. The smallest absolute Gasteiger partial charge is 0.262 e. The summed E-state index contributed by atoms with van der Waals surface area (Å²) in [6.07, 6.45) is 6.67. The molecule has 116 valence electrons. The lowest BCUT2D eigenvalue weighted by Crippen LogP contribution is -2.30. The summed E-state index contributed by atoms with van der Waals surface area (Å²) in [4.78, 5) is 19.7. The highest BCUT2D eigenvalue weighted by atomic mass is 35.5. The van der Waals surface area contributed by atoms with E-state index >= 15 is 0 Å². The molecule has 22 heavy (non-hydrogen) atoms. The molecule has 0 N–H and O–H groups in total. The summed E-state index contributed by atoms with van der Waals surface area (Å²) in [7, 11) is 0. The second-order valence-electron chi connectivity index (χ2n) is 6.48. The summed E-state index contributed by atoms with van der Waals surface area (Å²) in [6, 6.07) is 5.37. The van der Waals surface area contributed by atoms with Crippen molar-refractivity contribution in [3.63, 3.8) is 0 Å². The third kappa shape index (κ3) is 2.39. The van der Waals surface area contributed by atoms with Gasteiger partial charge in [-0.05, 0) is 37.0 Å². The van der Waals surface area contributed by atoms with E-state index in [0.29, 0.717) is 10.4 Å². The zero-order valence-electron chi connectivity index (χ0n) is 12.6. The number of benzene rings is 1. The van der Waals surface area contributed by atoms with Gasteiger partial charge < -0.3 is 4.90 Å². The summed E-state index contributed by atoms with van der Waals surface area (Å²) in [5.41, 5.74) is 0.782. The van der Waals surface area contributed by atoms with Crippen molar-refractivity contribution < 1.29 is 0 Å². The van der Waals surface area contributed by atoms with Crippen molar-refractivity contribution in [3.05, 3.63) is 33.6 Å². The Labute approximate surface area is 134 Å². The van der Waals surface area contributed by atoms with E-state index in [-0.39, 0.29) is 5.56 Å². The van der Waals surface area contributed by atoms with Crippen LogP contribution in [0.25, 0.3) is 10.9 Å². The number of anilines is 1. The Hall–Kier alpha value is -1.55. The Morgan fingerprint density at radius 1 is 1.18 bits per heavy atom. The Morgan fingerprint density at radius 2 is 2.00 bits per heavy atom. The van der Waals surface area contributed by atoms with Gasteiger partial charge in [-0.3, -0.25) is 9.36 Å². The van der Waals surface area contributed by atoms with E-state index in [4.69, 9.17) is 16.6 Å². The highest BCUT2D eigenvalue weighted by molar-refractivity contribution is 6.31. The maximum Gasteiger partial charge on any atom is 0.262 e. The largest absolute Gasteiger partial charge is 0.340 e. The first-order chi connectivity index (χ1) is 10.7. The predicted octanol–water partition coefficient (Wildman–Crippen LogP) is 3.45. The van der Waals surface area contributed by atoms with E-state index in [2.05, 4.69) is 4.90 Å². The Kier molecular flexibility index (Phi) is 3.57. The number of hydrogen-bond donors (Lipinski definition) is 0. The molecule has 4 nitrogen and oxygen atoms in total. The summed E-state index contributed by atoms with van der Waals surface area (Å²) in [5, 5.41) is 1.21. The second-order valence-corrected chi connectivity index (χ2v) is 6.92. The zero-order chi connectivity index (χ0) is 15.1. The first-order valence-electron chi connectivity index (χ1n) is 8.17. The molecule has 2 aliphatic rings. The molecule has 0 unspecified atom stereocenters. The van der Waals surface area contributed by atoms with Gasteiger partial charge in [0, 0.05) is 24.7 Å². The number of rotatable bonds is 2. The van der Waals surface area contributed by atoms with Gasteiger partial charge in [0.1, 0.15) is 0 Å². The van der Waals surface area contributed by atoms with Crippen LogP contribution in [-0.2, 0) is 6.54 Å². The lowest BCUT2D eigenvalue weighted by molar-refractivity contribution is 0.359. The standard InChI is InChI=1S/C17H20ClN3O/c18-13-6-7-15-14(10-13)16(22)21-9-8-20(17(21)19-15)11-12-4-2-1-3-5-12/h6-7,10,12H,1-5,8-9,11H2. The van der Waals surface area contributed by atoms with Crippen LogP contribution in [-0.4, -0.2) is 22.6 Å². The first-order valence-corrected chi connectivity index (χ1v) is 8.55. The first kappa shape index (κ1) is 14.1. The molecule has 2 aromatic rings. The van der Waals surface area contributed by atoms with Gasteiger partial charge >= 0.3 is 0 Å². The van der Waals surface area contributed by atoms with Crippen LogP contribution >= 0.6 is 11.6 Å². The molecular formula is C17H20ClN3O.